The largest absolute Gasteiger partial charge is 0.337 e. The number of halogens is 2. The summed E-state index contributed by atoms with van der Waals surface area (Å²) in [5.74, 6) is 0.793. The molecule has 2 aromatic heterocycles. The predicted octanol–water partition coefficient (Wildman–Crippen LogP) is 4.19. The van der Waals surface area contributed by atoms with Crippen molar-refractivity contribution in [3.63, 3.8) is 0 Å². The van der Waals surface area contributed by atoms with Gasteiger partial charge < -0.3 is 4.98 Å². The highest BCUT2D eigenvalue weighted by molar-refractivity contribution is 14.1. The van der Waals surface area contributed by atoms with Crippen LogP contribution in [0.1, 0.15) is 5.56 Å². The molecule has 3 rings (SSSR count). The number of fused-ring (bicyclic) bond motifs is 1. The van der Waals surface area contributed by atoms with Crippen LogP contribution in [-0.4, -0.2) is 15.0 Å². The molecule has 5 heteroatoms. The summed E-state index contributed by atoms with van der Waals surface area (Å²) in [4.78, 5) is 12.0. The van der Waals surface area contributed by atoms with Crippen molar-refractivity contribution in [1.82, 2.24) is 15.0 Å². The van der Waals surface area contributed by atoms with Gasteiger partial charge in [0.05, 0.1) is 10.5 Å². The average Bonchev–Trinajstić information content (AvgIpc) is 2.75. The summed E-state index contributed by atoms with van der Waals surface area (Å²) in [5, 5.41) is 0.734. The Balaban J connectivity index is 2.16. The molecule has 0 amide bonds. The molecule has 1 aromatic carbocycles. The molecule has 0 bridgehead atoms. The molecule has 0 unspecified atom stereocenters. The number of hydrogen-bond donors (Lipinski definition) is 1. The number of nitrogens with one attached hydrogen (secondary N) is 1. The van der Waals surface area contributed by atoms with Crippen LogP contribution in [0.25, 0.3) is 22.6 Å². The summed E-state index contributed by atoms with van der Waals surface area (Å²) in [6.07, 6.45) is 1.81. The molecule has 1 N–H and O–H groups in total. The molecule has 90 valence electrons. The van der Waals surface area contributed by atoms with E-state index in [4.69, 9.17) is 11.6 Å². The van der Waals surface area contributed by atoms with E-state index in [0.29, 0.717) is 0 Å². The third-order valence-electron chi connectivity index (χ3n) is 2.67. The van der Waals surface area contributed by atoms with Crippen molar-refractivity contribution < 1.29 is 0 Å². The second-order valence-electron chi connectivity index (χ2n) is 4.10. The van der Waals surface area contributed by atoms with Crippen molar-refractivity contribution in [1.29, 1.82) is 0 Å². The number of H-pyrrole nitrogens is 1. The molecule has 3 aromatic rings. The van der Waals surface area contributed by atoms with Crippen LogP contribution in [0.2, 0.25) is 5.02 Å². The standard InChI is InChI=1S/C13H9ClIN3/c1-7-4-11-13(16-6-7)18-12(17-11)8-2-3-10(15)9(14)5-8/h2-6H,1H3,(H,16,17,18). The highest BCUT2D eigenvalue weighted by Crippen LogP contribution is 2.26. The van der Waals surface area contributed by atoms with Gasteiger partial charge in [-0.1, -0.05) is 17.7 Å². The zero-order valence-electron chi connectivity index (χ0n) is 9.54. The predicted molar refractivity (Wildman–Crippen MR) is 81.8 cm³/mol. The van der Waals surface area contributed by atoms with Crippen molar-refractivity contribution in [3.05, 3.63) is 44.6 Å². The lowest BCUT2D eigenvalue weighted by atomic mass is 10.2. The number of imidazole rings is 1. The van der Waals surface area contributed by atoms with Crippen LogP contribution in [-0.2, 0) is 0 Å². The maximum absolute atomic E-state index is 6.12. The zero-order chi connectivity index (χ0) is 12.7. The number of nitrogens with zero attached hydrogens (tertiary/aromatic N) is 2. The van der Waals surface area contributed by atoms with Gasteiger partial charge in [-0.15, -0.1) is 0 Å². The molecule has 0 aliphatic carbocycles. The average molecular weight is 370 g/mol. The van der Waals surface area contributed by atoms with E-state index in [1.54, 1.807) is 0 Å². The second-order valence-corrected chi connectivity index (χ2v) is 5.67. The molecule has 0 radical (unpaired) electrons. The first-order valence-corrected chi connectivity index (χ1v) is 6.87. The fourth-order valence-corrected chi connectivity index (χ4v) is 2.30. The van der Waals surface area contributed by atoms with Crippen molar-refractivity contribution >= 4 is 45.4 Å². The number of aryl methyl sites for hydroxylation is 1. The van der Waals surface area contributed by atoms with Gasteiger partial charge in [-0.05, 0) is 53.3 Å². The van der Waals surface area contributed by atoms with Gasteiger partial charge in [-0.2, -0.15) is 0 Å². The van der Waals surface area contributed by atoms with E-state index in [0.717, 1.165) is 36.7 Å². The van der Waals surface area contributed by atoms with Gasteiger partial charge in [0, 0.05) is 15.3 Å². The Kier molecular flexibility index (Phi) is 2.99. The molecule has 0 saturated carbocycles. The zero-order valence-corrected chi connectivity index (χ0v) is 12.5. The molecule has 2 heterocycles. The third-order valence-corrected chi connectivity index (χ3v) is 4.24. The Morgan fingerprint density at radius 1 is 1.28 bits per heavy atom. The first-order valence-electron chi connectivity index (χ1n) is 5.41. The van der Waals surface area contributed by atoms with Gasteiger partial charge in [-0.3, -0.25) is 0 Å². The summed E-state index contributed by atoms with van der Waals surface area (Å²) in [7, 11) is 0. The van der Waals surface area contributed by atoms with Gasteiger partial charge >= 0.3 is 0 Å². The van der Waals surface area contributed by atoms with E-state index in [2.05, 4.69) is 37.5 Å². The fraction of sp³-hybridized carbons (Fsp3) is 0.0769. The highest BCUT2D eigenvalue weighted by Gasteiger charge is 2.07. The van der Waals surface area contributed by atoms with Crippen molar-refractivity contribution in [3.8, 4) is 11.4 Å². The minimum Gasteiger partial charge on any atom is -0.337 e. The quantitative estimate of drug-likeness (QED) is 0.654. The molecule has 0 fully saturated rings. The maximum Gasteiger partial charge on any atom is 0.178 e. The van der Waals surface area contributed by atoms with E-state index < -0.39 is 0 Å². The normalized spacial score (nSPS) is 11.1. The van der Waals surface area contributed by atoms with Gasteiger partial charge in [-0.25, -0.2) is 9.97 Å². The van der Waals surface area contributed by atoms with Crippen molar-refractivity contribution in [2.45, 2.75) is 6.92 Å². The minimum absolute atomic E-state index is 0.727. The van der Waals surface area contributed by atoms with Crippen LogP contribution in [0.3, 0.4) is 0 Å². The lowest BCUT2D eigenvalue weighted by molar-refractivity contribution is 1.28. The van der Waals surface area contributed by atoms with Crippen molar-refractivity contribution in [2.75, 3.05) is 0 Å². The van der Waals surface area contributed by atoms with Crippen LogP contribution in [0.4, 0.5) is 0 Å². The summed E-state index contributed by atoms with van der Waals surface area (Å²) < 4.78 is 1.03. The van der Waals surface area contributed by atoms with Crippen LogP contribution in [0.5, 0.6) is 0 Å². The van der Waals surface area contributed by atoms with Gasteiger partial charge in [0.1, 0.15) is 5.82 Å². The molecule has 0 saturated heterocycles. The highest BCUT2D eigenvalue weighted by atomic mass is 127. The van der Waals surface area contributed by atoms with Gasteiger partial charge in [0.25, 0.3) is 0 Å². The first-order chi connectivity index (χ1) is 8.63. The van der Waals surface area contributed by atoms with E-state index in [-0.39, 0.29) is 0 Å². The van der Waals surface area contributed by atoms with E-state index >= 15 is 0 Å². The van der Waals surface area contributed by atoms with Crippen LogP contribution >= 0.6 is 34.2 Å². The summed E-state index contributed by atoms with van der Waals surface area (Å²) >= 11 is 8.33. The van der Waals surface area contributed by atoms with Gasteiger partial charge in [0.15, 0.2) is 5.65 Å². The van der Waals surface area contributed by atoms with E-state index in [1.165, 1.54) is 0 Å². The topological polar surface area (TPSA) is 41.6 Å². The van der Waals surface area contributed by atoms with E-state index in [1.807, 2.05) is 37.4 Å². The number of aromatic nitrogens is 3. The van der Waals surface area contributed by atoms with E-state index in [9.17, 15) is 0 Å². The first kappa shape index (κ1) is 11.9. The third kappa shape index (κ3) is 2.10. The Hall–Kier alpha value is -1.14. The maximum atomic E-state index is 6.12. The summed E-state index contributed by atoms with van der Waals surface area (Å²) in [5.41, 5.74) is 3.75. The molecular formula is C13H9ClIN3. The molecular weight excluding hydrogens is 361 g/mol. The fourth-order valence-electron chi connectivity index (χ4n) is 1.78. The summed E-state index contributed by atoms with van der Waals surface area (Å²) in [6, 6.07) is 7.92. The lowest BCUT2D eigenvalue weighted by Crippen LogP contribution is -1.82. The number of pyridine rings is 1. The Labute approximate surface area is 123 Å². The second kappa shape index (κ2) is 4.51. The molecule has 0 spiro atoms. The van der Waals surface area contributed by atoms with Crippen LogP contribution in [0.15, 0.2) is 30.5 Å². The molecule has 0 aliphatic heterocycles. The van der Waals surface area contributed by atoms with Crippen LogP contribution < -0.4 is 0 Å². The molecule has 3 nitrogen and oxygen atoms in total. The SMILES string of the molecule is Cc1cnc2nc(-c3ccc(I)c(Cl)c3)[nH]c2c1. The Morgan fingerprint density at radius 2 is 2.11 bits per heavy atom. The molecule has 0 aliphatic rings. The Morgan fingerprint density at radius 3 is 2.89 bits per heavy atom. The number of benzene rings is 1. The smallest absolute Gasteiger partial charge is 0.178 e. The number of rotatable bonds is 1. The minimum atomic E-state index is 0.727. The molecule has 0 atom stereocenters. The monoisotopic (exact) mass is 369 g/mol. The molecule has 18 heavy (non-hydrogen) atoms. The number of hydrogen-bond acceptors (Lipinski definition) is 2. The Bertz CT molecular complexity index is 736. The van der Waals surface area contributed by atoms with Crippen LogP contribution in [0, 0.1) is 10.5 Å². The number of aromatic amines is 1. The lowest BCUT2D eigenvalue weighted by Gasteiger charge is -1.99. The van der Waals surface area contributed by atoms with Gasteiger partial charge in [0.2, 0.25) is 0 Å². The van der Waals surface area contributed by atoms with Crippen molar-refractivity contribution in [2.24, 2.45) is 0 Å². The summed E-state index contributed by atoms with van der Waals surface area (Å²) in [6.45, 7) is 2.01.